The number of nitrogens with zero attached hydrogens (tertiary/aromatic N) is 2. The van der Waals surface area contributed by atoms with Gasteiger partial charge < -0.3 is 10.3 Å². The van der Waals surface area contributed by atoms with E-state index in [0.29, 0.717) is 6.54 Å². The van der Waals surface area contributed by atoms with Crippen LogP contribution in [0, 0.1) is 0 Å². The minimum Gasteiger partial charge on any atom is -0.338 e. The fourth-order valence-corrected chi connectivity index (χ4v) is 1.89. The second kappa shape index (κ2) is 4.68. The topological polar surface area (TPSA) is 43.8 Å². The predicted octanol–water partition coefficient (Wildman–Crippen LogP) is 2.12. The highest BCUT2D eigenvalue weighted by molar-refractivity contribution is 6.30. The van der Waals surface area contributed by atoms with Gasteiger partial charge in [-0.1, -0.05) is 17.7 Å². The Morgan fingerprint density at radius 3 is 2.81 bits per heavy atom. The van der Waals surface area contributed by atoms with Gasteiger partial charge in [0, 0.05) is 37.4 Å². The molecule has 16 heavy (non-hydrogen) atoms. The molecule has 0 aliphatic carbocycles. The molecular formula is C12H14ClN3. The summed E-state index contributed by atoms with van der Waals surface area (Å²) in [5.74, 6) is 1.01. The molecule has 1 aromatic carbocycles. The monoisotopic (exact) mass is 235 g/mol. The Morgan fingerprint density at radius 1 is 1.38 bits per heavy atom. The molecule has 2 rings (SSSR count). The van der Waals surface area contributed by atoms with E-state index in [1.165, 1.54) is 0 Å². The van der Waals surface area contributed by atoms with Crippen LogP contribution in [0.25, 0.3) is 0 Å². The molecule has 3 nitrogen and oxygen atoms in total. The lowest BCUT2D eigenvalue weighted by Crippen LogP contribution is -2.05. The lowest BCUT2D eigenvalue weighted by molar-refractivity contribution is 0.816. The second-order valence-corrected chi connectivity index (χ2v) is 4.18. The van der Waals surface area contributed by atoms with Crippen LogP contribution in [-0.2, 0) is 20.0 Å². The van der Waals surface area contributed by atoms with E-state index in [1.54, 1.807) is 6.20 Å². The van der Waals surface area contributed by atoms with E-state index in [0.717, 1.165) is 28.4 Å². The first kappa shape index (κ1) is 11.2. The maximum absolute atomic E-state index is 5.99. The fourth-order valence-electron chi connectivity index (χ4n) is 1.70. The van der Waals surface area contributed by atoms with Gasteiger partial charge in [0.25, 0.3) is 0 Å². The zero-order valence-electron chi connectivity index (χ0n) is 9.15. The molecule has 0 aliphatic heterocycles. The number of aryl methyl sites for hydroxylation is 1. The summed E-state index contributed by atoms with van der Waals surface area (Å²) in [6.45, 7) is 0.525. The van der Waals surface area contributed by atoms with E-state index in [-0.39, 0.29) is 0 Å². The summed E-state index contributed by atoms with van der Waals surface area (Å²) in [5, 5.41) is 0.737. The number of aromatic nitrogens is 2. The van der Waals surface area contributed by atoms with Crippen molar-refractivity contribution in [1.29, 1.82) is 0 Å². The molecule has 0 saturated carbocycles. The summed E-state index contributed by atoms with van der Waals surface area (Å²) < 4.78 is 2.00. The molecule has 4 heteroatoms. The average molecular weight is 236 g/mol. The van der Waals surface area contributed by atoms with Gasteiger partial charge in [0.15, 0.2) is 0 Å². The SMILES string of the molecule is Cn1ccnc1Cc1cc(Cl)ccc1CN. The highest BCUT2D eigenvalue weighted by Crippen LogP contribution is 2.18. The zero-order valence-corrected chi connectivity index (χ0v) is 9.91. The van der Waals surface area contributed by atoms with Gasteiger partial charge in [0.1, 0.15) is 5.82 Å². The van der Waals surface area contributed by atoms with Crippen LogP contribution in [0.5, 0.6) is 0 Å². The molecule has 0 radical (unpaired) electrons. The Kier molecular flexibility index (Phi) is 3.27. The quantitative estimate of drug-likeness (QED) is 0.886. The Hall–Kier alpha value is -1.32. The zero-order chi connectivity index (χ0) is 11.5. The summed E-state index contributed by atoms with van der Waals surface area (Å²) in [5.41, 5.74) is 7.96. The van der Waals surface area contributed by atoms with Crippen molar-refractivity contribution in [3.05, 3.63) is 52.6 Å². The molecule has 0 amide bonds. The third-order valence-electron chi connectivity index (χ3n) is 2.66. The normalized spacial score (nSPS) is 10.7. The van der Waals surface area contributed by atoms with Crippen molar-refractivity contribution in [3.63, 3.8) is 0 Å². The molecule has 0 bridgehead atoms. The van der Waals surface area contributed by atoms with E-state index in [2.05, 4.69) is 4.98 Å². The number of nitrogens with two attached hydrogens (primary N) is 1. The fraction of sp³-hybridized carbons (Fsp3) is 0.250. The molecule has 0 saturated heterocycles. The predicted molar refractivity (Wildman–Crippen MR) is 65.4 cm³/mol. The molecule has 0 fully saturated rings. The van der Waals surface area contributed by atoms with Crippen molar-refractivity contribution < 1.29 is 0 Å². The molecule has 84 valence electrons. The highest BCUT2D eigenvalue weighted by atomic mass is 35.5. The third-order valence-corrected chi connectivity index (χ3v) is 2.89. The molecule has 2 aromatic rings. The van der Waals surface area contributed by atoms with Crippen molar-refractivity contribution in [2.24, 2.45) is 12.8 Å². The van der Waals surface area contributed by atoms with E-state index < -0.39 is 0 Å². The highest BCUT2D eigenvalue weighted by Gasteiger charge is 2.06. The van der Waals surface area contributed by atoms with Crippen LogP contribution in [-0.4, -0.2) is 9.55 Å². The second-order valence-electron chi connectivity index (χ2n) is 3.75. The van der Waals surface area contributed by atoms with Crippen molar-refractivity contribution in [3.8, 4) is 0 Å². The Bertz CT molecular complexity index is 491. The van der Waals surface area contributed by atoms with Gasteiger partial charge in [-0.2, -0.15) is 0 Å². The minimum absolute atomic E-state index is 0.525. The van der Waals surface area contributed by atoms with E-state index in [4.69, 9.17) is 17.3 Å². The van der Waals surface area contributed by atoms with Crippen molar-refractivity contribution >= 4 is 11.6 Å². The average Bonchev–Trinajstić information content (AvgIpc) is 2.65. The van der Waals surface area contributed by atoms with Crippen LogP contribution >= 0.6 is 11.6 Å². The molecule has 0 aliphatic rings. The number of rotatable bonds is 3. The van der Waals surface area contributed by atoms with E-state index >= 15 is 0 Å². The molecule has 1 aromatic heterocycles. The number of halogens is 1. The maximum atomic E-state index is 5.99. The Morgan fingerprint density at radius 2 is 2.19 bits per heavy atom. The Balaban J connectivity index is 2.33. The van der Waals surface area contributed by atoms with Crippen LogP contribution in [0.2, 0.25) is 5.02 Å². The van der Waals surface area contributed by atoms with E-state index in [1.807, 2.05) is 36.0 Å². The Labute approximate surface area is 99.9 Å². The largest absolute Gasteiger partial charge is 0.338 e. The van der Waals surface area contributed by atoms with Crippen LogP contribution < -0.4 is 5.73 Å². The van der Waals surface area contributed by atoms with Gasteiger partial charge in [-0.15, -0.1) is 0 Å². The smallest absolute Gasteiger partial charge is 0.112 e. The summed E-state index contributed by atoms with van der Waals surface area (Å²) >= 11 is 5.99. The molecule has 2 N–H and O–H groups in total. The maximum Gasteiger partial charge on any atom is 0.112 e. The van der Waals surface area contributed by atoms with E-state index in [9.17, 15) is 0 Å². The van der Waals surface area contributed by atoms with Gasteiger partial charge in [-0.25, -0.2) is 4.98 Å². The van der Waals surface area contributed by atoms with Crippen LogP contribution in [0.4, 0.5) is 0 Å². The number of hydrogen-bond acceptors (Lipinski definition) is 2. The van der Waals surface area contributed by atoms with Crippen LogP contribution in [0.1, 0.15) is 17.0 Å². The van der Waals surface area contributed by atoms with Gasteiger partial charge in [0.05, 0.1) is 0 Å². The number of hydrogen-bond donors (Lipinski definition) is 1. The summed E-state index contributed by atoms with van der Waals surface area (Å²) in [7, 11) is 1.98. The first-order valence-electron chi connectivity index (χ1n) is 5.14. The van der Waals surface area contributed by atoms with Crippen LogP contribution in [0.3, 0.4) is 0 Å². The first-order valence-corrected chi connectivity index (χ1v) is 5.52. The summed E-state index contributed by atoms with van der Waals surface area (Å²) in [6.07, 6.45) is 4.49. The lowest BCUT2D eigenvalue weighted by Gasteiger charge is -2.08. The number of imidazole rings is 1. The molecule has 1 heterocycles. The lowest BCUT2D eigenvalue weighted by atomic mass is 10.0. The van der Waals surface area contributed by atoms with Gasteiger partial charge in [-0.3, -0.25) is 0 Å². The van der Waals surface area contributed by atoms with Crippen molar-refractivity contribution in [2.45, 2.75) is 13.0 Å². The van der Waals surface area contributed by atoms with Gasteiger partial charge in [0.2, 0.25) is 0 Å². The summed E-state index contributed by atoms with van der Waals surface area (Å²) in [6, 6.07) is 5.80. The molecular weight excluding hydrogens is 222 g/mol. The van der Waals surface area contributed by atoms with Gasteiger partial charge >= 0.3 is 0 Å². The minimum atomic E-state index is 0.525. The number of benzene rings is 1. The molecule has 0 spiro atoms. The van der Waals surface area contributed by atoms with Crippen LogP contribution in [0.15, 0.2) is 30.6 Å². The van der Waals surface area contributed by atoms with Crippen molar-refractivity contribution in [2.75, 3.05) is 0 Å². The molecule has 0 unspecified atom stereocenters. The molecule has 0 atom stereocenters. The van der Waals surface area contributed by atoms with Crippen molar-refractivity contribution in [1.82, 2.24) is 9.55 Å². The third kappa shape index (κ3) is 2.26. The standard InChI is InChI=1S/C12H14ClN3/c1-16-5-4-15-12(16)7-10-6-11(13)3-2-9(10)8-14/h2-6H,7-8,14H2,1H3. The summed E-state index contributed by atoms with van der Waals surface area (Å²) in [4.78, 5) is 4.30. The first-order chi connectivity index (χ1) is 7.70. The van der Waals surface area contributed by atoms with Gasteiger partial charge in [-0.05, 0) is 23.3 Å².